The van der Waals surface area contributed by atoms with E-state index in [1.54, 1.807) is 7.11 Å². The van der Waals surface area contributed by atoms with Crippen molar-refractivity contribution in [2.24, 2.45) is 0 Å². The minimum absolute atomic E-state index is 0.0700. The van der Waals surface area contributed by atoms with Gasteiger partial charge in [0, 0.05) is 7.11 Å². The molecule has 0 saturated heterocycles. The first-order chi connectivity index (χ1) is 6.82. The average molecular weight is 192 g/mol. The standard InChI is InChI=1S/C12H16O2/c1-14-12(9-13)8-4-6-10-5-2-3-7-11(10)12/h2-3,5,7,13H,4,6,8-9H2,1H3. The van der Waals surface area contributed by atoms with Crippen LogP contribution < -0.4 is 0 Å². The molecule has 0 aliphatic heterocycles. The van der Waals surface area contributed by atoms with E-state index >= 15 is 0 Å². The summed E-state index contributed by atoms with van der Waals surface area (Å²) in [5, 5.41) is 9.46. The Morgan fingerprint density at radius 1 is 1.43 bits per heavy atom. The van der Waals surface area contributed by atoms with Crippen molar-refractivity contribution in [3.63, 3.8) is 0 Å². The fraction of sp³-hybridized carbons (Fsp3) is 0.500. The number of fused-ring (bicyclic) bond motifs is 1. The number of methoxy groups -OCH3 is 1. The molecule has 2 heteroatoms. The van der Waals surface area contributed by atoms with Crippen LogP contribution in [0, 0.1) is 0 Å². The number of aliphatic hydroxyl groups is 1. The number of rotatable bonds is 2. The Balaban J connectivity index is 2.48. The van der Waals surface area contributed by atoms with Crippen LogP contribution in [0.15, 0.2) is 24.3 Å². The van der Waals surface area contributed by atoms with E-state index in [0.717, 1.165) is 24.8 Å². The summed E-state index contributed by atoms with van der Waals surface area (Å²) in [5.74, 6) is 0. The molecule has 0 amide bonds. The Bertz CT molecular complexity index is 316. The first kappa shape index (κ1) is 9.69. The van der Waals surface area contributed by atoms with E-state index in [0.29, 0.717) is 0 Å². The normalized spacial score (nSPS) is 25.9. The van der Waals surface area contributed by atoms with Gasteiger partial charge in [-0.15, -0.1) is 0 Å². The summed E-state index contributed by atoms with van der Waals surface area (Å²) >= 11 is 0. The summed E-state index contributed by atoms with van der Waals surface area (Å²) in [6, 6.07) is 8.24. The van der Waals surface area contributed by atoms with Crippen molar-refractivity contribution < 1.29 is 9.84 Å². The van der Waals surface area contributed by atoms with Crippen LogP contribution in [0.1, 0.15) is 24.0 Å². The van der Waals surface area contributed by atoms with Crippen LogP contribution in [0.3, 0.4) is 0 Å². The Labute approximate surface area is 84.5 Å². The molecule has 2 rings (SSSR count). The summed E-state index contributed by atoms with van der Waals surface area (Å²) < 4.78 is 5.50. The van der Waals surface area contributed by atoms with Crippen LogP contribution in [0.2, 0.25) is 0 Å². The molecular weight excluding hydrogens is 176 g/mol. The van der Waals surface area contributed by atoms with Gasteiger partial charge in [0.25, 0.3) is 0 Å². The van der Waals surface area contributed by atoms with Crippen molar-refractivity contribution in [2.75, 3.05) is 13.7 Å². The van der Waals surface area contributed by atoms with Crippen LogP contribution in [0.4, 0.5) is 0 Å². The quantitative estimate of drug-likeness (QED) is 0.775. The maximum atomic E-state index is 9.46. The number of hydrogen-bond acceptors (Lipinski definition) is 2. The molecule has 1 aliphatic carbocycles. The van der Waals surface area contributed by atoms with Crippen LogP contribution in [0.5, 0.6) is 0 Å². The molecule has 76 valence electrons. The third-order valence-corrected chi connectivity index (χ3v) is 3.18. The maximum Gasteiger partial charge on any atom is 0.116 e. The van der Waals surface area contributed by atoms with Gasteiger partial charge in [-0.1, -0.05) is 24.3 Å². The lowest BCUT2D eigenvalue weighted by Gasteiger charge is -2.36. The molecular formula is C12H16O2. The molecule has 0 fully saturated rings. The summed E-state index contributed by atoms with van der Waals surface area (Å²) in [5.41, 5.74) is 2.03. The lowest BCUT2D eigenvalue weighted by atomic mass is 9.79. The van der Waals surface area contributed by atoms with E-state index in [1.165, 1.54) is 5.56 Å². The molecule has 0 saturated carbocycles. The molecule has 1 unspecified atom stereocenters. The van der Waals surface area contributed by atoms with Gasteiger partial charge in [0.2, 0.25) is 0 Å². The average Bonchev–Trinajstić information content (AvgIpc) is 2.28. The number of aryl methyl sites for hydroxylation is 1. The number of benzene rings is 1. The Morgan fingerprint density at radius 3 is 2.93 bits per heavy atom. The molecule has 2 nitrogen and oxygen atoms in total. The largest absolute Gasteiger partial charge is 0.393 e. The molecule has 0 aromatic heterocycles. The van der Waals surface area contributed by atoms with Gasteiger partial charge in [0.05, 0.1) is 6.61 Å². The predicted octanol–water partition coefficient (Wildman–Crippen LogP) is 1.86. The van der Waals surface area contributed by atoms with Gasteiger partial charge in [-0.05, 0) is 30.4 Å². The van der Waals surface area contributed by atoms with Crippen molar-refractivity contribution in [1.82, 2.24) is 0 Å². The highest BCUT2D eigenvalue weighted by Gasteiger charge is 2.35. The summed E-state index contributed by atoms with van der Waals surface area (Å²) in [4.78, 5) is 0. The molecule has 1 aliphatic rings. The molecule has 0 spiro atoms. The van der Waals surface area contributed by atoms with Gasteiger partial charge < -0.3 is 9.84 Å². The molecule has 1 aromatic carbocycles. The number of aliphatic hydroxyl groups excluding tert-OH is 1. The van der Waals surface area contributed by atoms with E-state index in [-0.39, 0.29) is 6.61 Å². The second kappa shape index (κ2) is 3.71. The molecule has 1 N–H and O–H groups in total. The lowest BCUT2D eigenvalue weighted by molar-refractivity contribution is -0.0688. The SMILES string of the molecule is COC1(CO)CCCc2ccccc21. The number of hydrogen-bond donors (Lipinski definition) is 1. The first-order valence-corrected chi connectivity index (χ1v) is 5.07. The highest BCUT2D eigenvalue weighted by atomic mass is 16.5. The highest BCUT2D eigenvalue weighted by Crippen LogP contribution is 2.37. The molecule has 0 bridgehead atoms. The first-order valence-electron chi connectivity index (χ1n) is 5.07. The van der Waals surface area contributed by atoms with Crippen molar-refractivity contribution in [2.45, 2.75) is 24.9 Å². The van der Waals surface area contributed by atoms with Crippen molar-refractivity contribution in [3.8, 4) is 0 Å². The fourth-order valence-corrected chi connectivity index (χ4v) is 2.32. The van der Waals surface area contributed by atoms with E-state index in [2.05, 4.69) is 12.1 Å². The minimum atomic E-state index is -0.450. The van der Waals surface area contributed by atoms with Gasteiger partial charge in [0.1, 0.15) is 5.60 Å². The Kier molecular flexibility index (Phi) is 2.57. The summed E-state index contributed by atoms with van der Waals surface area (Å²) in [6.07, 6.45) is 3.10. The number of ether oxygens (including phenoxy) is 1. The monoisotopic (exact) mass is 192 g/mol. The van der Waals surface area contributed by atoms with Gasteiger partial charge in [-0.25, -0.2) is 0 Å². The van der Waals surface area contributed by atoms with Gasteiger partial charge in [-0.2, -0.15) is 0 Å². The highest BCUT2D eigenvalue weighted by molar-refractivity contribution is 5.35. The van der Waals surface area contributed by atoms with E-state index in [4.69, 9.17) is 4.74 Å². The Hall–Kier alpha value is -0.860. The van der Waals surface area contributed by atoms with E-state index in [1.807, 2.05) is 12.1 Å². The van der Waals surface area contributed by atoms with Gasteiger partial charge >= 0.3 is 0 Å². The zero-order chi connectivity index (χ0) is 10.0. The second-order valence-electron chi connectivity index (χ2n) is 3.87. The topological polar surface area (TPSA) is 29.5 Å². The van der Waals surface area contributed by atoms with Crippen LogP contribution in [0.25, 0.3) is 0 Å². The maximum absolute atomic E-state index is 9.46. The molecule has 1 aromatic rings. The summed E-state index contributed by atoms with van der Waals surface area (Å²) in [6.45, 7) is 0.0700. The third kappa shape index (κ3) is 1.35. The van der Waals surface area contributed by atoms with E-state index in [9.17, 15) is 5.11 Å². The molecule has 1 atom stereocenters. The molecule has 0 radical (unpaired) electrons. The molecule has 0 heterocycles. The molecule has 14 heavy (non-hydrogen) atoms. The zero-order valence-electron chi connectivity index (χ0n) is 8.49. The van der Waals surface area contributed by atoms with Crippen LogP contribution >= 0.6 is 0 Å². The van der Waals surface area contributed by atoms with E-state index < -0.39 is 5.60 Å². The van der Waals surface area contributed by atoms with Crippen LogP contribution in [-0.4, -0.2) is 18.8 Å². The second-order valence-corrected chi connectivity index (χ2v) is 3.87. The zero-order valence-corrected chi connectivity index (χ0v) is 8.49. The Morgan fingerprint density at radius 2 is 2.21 bits per heavy atom. The predicted molar refractivity (Wildman–Crippen MR) is 55.2 cm³/mol. The lowest BCUT2D eigenvalue weighted by Crippen LogP contribution is -2.36. The van der Waals surface area contributed by atoms with Crippen molar-refractivity contribution >= 4 is 0 Å². The smallest absolute Gasteiger partial charge is 0.116 e. The minimum Gasteiger partial charge on any atom is -0.393 e. The van der Waals surface area contributed by atoms with Crippen molar-refractivity contribution in [1.29, 1.82) is 0 Å². The van der Waals surface area contributed by atoms with Gasteiger partial charge in [-0.3, -0.25) is 0 Å². The van der Waals surface area contributed by atoms with Crippen molar-refractivity contribution in [3.05, 3.63) is 35.4 Å². The van der Waals surface area contributed by atoms with Crippen LogP contribution in [-0.2, 0) is 16.8 Å². The van der Waals surface area contributed by atoms with Gasteiger partial charge in [0.15, 0.2) is 0 Å². The third-order valence-electron chi connectivity index (χ3n) is 3.18. The summed E-state index contributed by atoms with van der Waals surface area (Å²) in [7, 11) is 1.68. The fourth-order valence-electron chi connectivity index (χ4n) is 2.32.